The van der Waals surface area contributed by atoms with E-state index < -0.39 is 41.1 Å². The first kappa shape index (κ1) is 28.9. The zero-order valence-electron chi connectivity index (χ0n) is 21.7. The van der Waals surface area contributed by atoms with Crippen molar-refractivity contribution in [1.82, 2.24) is 15.5 Å². The Morgan fingerprint density at radius 3 is 2.03 bits per heavy atom. The smallest absolute Gasteiger partial charge is 0.408 e. The van der Waals surface area contributed by atoms with Gasteiger partial charge in [0, 0.05) is 18.5 Å². The third-order valence-electron chi connectivity index (χ3n) is 4.74. The Kier molecular flexibility index (Phi) is 10.1. The first-order chi connectivity index (χ1) is 15.5. The van der Waals surface area contributed by atoms with Gasteiger partial charge in [-0.25, -0.2) is 4.79 Å². The van der Waals surface area contributed by atoms with Crippen molar-refractivity contribution in [3.05, 3.63) is 35.4 Å². The Bertz CT molecular complexity index is 869. The van der Waals surface area contributed by atoms with Crippen LogP contribution in [0.1, 0.15) is 78.5 Å². The number of nitrogens with zero attached hydrogens (tertiary/aromatic N) is 1. The second-order valence-electron chi connectivity index (χ2n) is 10.4. The lowest BCUT2D eigenvalue weighted by Gasteiger charge is -2.35. The second kappa shape index (κ2) is 11.9. The molecule has 1 aromatic carbocycles. The van der Waals surface area contributed by atoms with Gasteiger partial charge in [0.25, 0.3) is 0 Å². The summed E-state index contributed by atoms with van der Waals surface area (Å²) in [5.41, 5.74) is 5.64. The fraction of sp³-hybridized carbons (Fsp3) is 0.600. The molecule has 0 spiro atoms. The van der Waals surface area contributed by atoms with Crippen molar-refractivity contribution >= 4 is 23.8 Å². The quantitative estimate of drug-likeness (QED) is 0.504. The maximum atomic E-state index is 13.7. The molecule has 4 amide bonds. The van der Waals surface area contributed by atoms with Crippen molar-refractivity contribution < 1.29 is 23.9 Å². The van der Waals surface area contributed by atoms with Gasteiger partial charge < -0.3 is 26.0 Å². The predicted octanol–water partition coefficient (Wildman–Crippen LogP) is 2.96. The van der Waals surface area contributed by atoms with Gasteiger partial charge in [-0.05, 0) is 67.4 Å². The lowest BCUT2D eigenvalue weighted by Crippen LogP contribution is -2.54. The fourth-order valence-corrected chi connectivity index (χ4v) is 3.32. The number of carbonyl (C=O) groups excluding carboxylic acids is 4. The Morgan fingerprint density at radius 2 is 1.59 bits per heavy atom. The maximum absolute atomic E-state index is 13.7. The number of hydrogen-bond acceptors (Lipinski definition) is 5. The first-order valence-electron chi connectivity index (χ1n) is 11.5. The van der Waals surface area contributed by atoms with E-state index in [2.05, 4.69) is 10.6 Å². The van der Waals surface area contributed by atoms with Crippen LogP contribution in [0.4, 0.5) is 4.79 Å². The van der Waals surface area contributed by atoms with E-state index in [0.717, 1.165) is 5.56 Å². The average molecular weight is 477 g/mol. The number of likely N-dealkylation sites (N-methyl/N-ethyl adjacent to an activating group) is 1. The minimum atomic E-state index is -1.10. The number of rotatable bonds is 9. The lowest BCUT2D eigenvalue weighted by molar-refractivity contribution is -0.143. The van der Waals surface area contributed by atoms with E-state index in [-0.39, 0.29) is 25.3 Å². The number of ether oxygens (including phenoxy) is 1. The molecular formula is C25H40N4O5. The molecule has 2 unspecified atom stereocenters. The van der Waals surface area contributed by atoms with Crippen molar-refractivity contribution in [2.24, 2.45) is 5.73 Å². The molecule has 0 fully saturated rings. The third kappa shape index (κ3) is 9.80. The molecule has 0 aliphatic carbocycles. The summed E-state index contributed by atoms with van der Waals surface area (Å²) in [5.74, 6) is -1.46. The molecule has 34 heavy (non-hydrogen) atoms. The van der Waals surface area contributed by atoms with Gasteiger partial charge in [0.1, 0.15) is 17.7 Å². The number of alkyl carbamates (subject to hydrolysis) is 1. The molecule has 0 aliphatic heterocycles. The molecule has 1 aromatic rings. The summed E-state index contributed by atoms with van der Waals surface area (Å²) in [6.07, 6.45) is -0.934. The average Bonchev–Trinajstić information content (AvgIpc) is 2.66. The number of hydrogen-bond donors (Lipinski definition) is 3. The van der Waals surface area contributed by atoms with Crippen LogP contribution in [0.25, 0.3) is 0 Å². The van der Waals surface area contributed by atoms with E-state index in [1.54, 1.807) is 39.8 Å². The van der Waals surface area contributed by atoms with Gasteiger partial charge in [-0.1, -0.05) is 29.8 Å². The Hall–Kier alpha value is -3.10. The Morgan fingerprint density at radius 1 is 1.03 bits per heavy atom. The van der Waals surface area contributed by atoms with Gasteiger partial charge in [-0.15, -0.1) is 0 Å². The van der Waals surface area contributed by atoms with Crippen LogP contribution in [-0.2, 0) is 19.1 Å². The Labute approximate surface area is 202 Å². The lowest BCUT2D eigenvalue weighted by atomic mass is 9.99. The van der Waals surface area contributed by atoms with E-state index in [4.69, 9.17) is 10.5 Å². The summed E-state index contributed by atoms with van der Waals surface area (Å²) in [5, 5.41) is 5.50. The van der Waals surface area contributed by atoms with Gasteiger partial charge in [0.05, 0.1) is 0 Å². The van der Waals surface area contributed by atoms with Crippen LogP contribution in [0.3, 0.4) is 0 Å². The number of nitrogens with one attached hydrogen (secondary N) is 2. The molecule has 0 radical (unpaired) electrons. The summed E-state index contributed by atoms with van der Waals surface area (Å²) in [6.45, 7) is 14.6. The van der Waals surface area contributed by atoms with Crippen LogP contribution in [-0.4, -0.2) is 52.4 Å². The minimum absolute atomic E-state index is 0.0224. The monoisotopic (exact) mass is 476 g/mol. The number of aryl methyl sites for hydroxylation is 1. The summed E-state index contributed by atoms with van der Waals surface area (Å²) in [7, 11) is 0. The van der Waals surface area contributed by atoms with E-state index >= 15 is 0 Å². The summed E-state index contributed by atoms with van der Waals surface area (Å²) in [4.78, 5) is 52.3. The molecule has 0 heterocycles. The minimum Gasteiger partial charge on any atom is -0.444 e. The summed E-state index contributed by atoms with van der Waals surface area (Å²) in [6, 6.07) is 5.31. The molecule has 0 aromatic heterocycles. The molecular weight excluding hydrogens is 436 g/mol. The molecule has 2 atom stereocenters. The normalized spacial score (nSPS) is 13.4. The van der Waals surface area contributed by atoms with Crippen molar-refractivity contribution in [3.63, 3.8) is 0 Å². The highest BCUT2D eigenvalue weighted by molar-refractivity contribution is 5.92. The number of carbonyl (C=O) groups is 4. The highest BCUT2D eigenvalue weighted by Crippen LogP contribution is 2.24. The van der Waals surface area contributed by atoms with Crippen molar-refractivity contribution in [3.8, 4) is 0 Å². The van der Waals surface area contributed by atoms with Crippen LogP contribution in [0.15, 0.2) is 24.3 Å². The number of amides is 4. The van der Waals surface area contributed by atoms with E-state index in [0.29, 0.717) is 5.56 Å². The van der Waals surface area contributed by atoms with Gasteiger partial charge in [0.15, 0.2) is 0 Å². The predicted molar refractivity (Wildman–Crippen MR) is 131 cm³/mol. The molecule has 0 saturated carbocycles. The molecule has 9 nitrogen and oxygen atoms in total. The van der Waals surface area contributed by atoms with Crippen LogP contribution in [0.2, 0.25) is 0 Å². The molecule has 0 saturated heterocycles. The summed E-state index contributed by atoms with van der Waals surface area (Å²) >= 11 is 0. The third-order valence-corrected chi connectivity index (χ3v) is 4.74. The van der Waals surface area contributed by atoms with Gasteiger partial charge in [0.2, 0.25) is 17.7 Å². The summed E-state index contributed by atoms with van der Waals surface area (Å²) < 4.78 is 5.29. The SMILES string of the molecule is CCN(C(=O)C(CCC(N)=O)NC(=O)OC(C)(C)C)C(C(=O)NC(C)(C)C)c1ccc(C)cc1. The fourth-order valence-electron chi connectivity index (χ4n) is 3.32. The molecule has 1 rings (SSSR count). The van der Waals surface area contributed by atoms with E-state index in [1.165, 1.54) is 4.90 Å². The van der Waals surface area contributed by atoms with Gasteiger partial charge in [-0.3, -0.25) is 14.4 Å². The van der Waals surface area contributed by atoms with Crippen molar-refractivity contribution in [2.75, 3.05) is 6.54 Å². The topological polar surface area (TPSA) is 131 Å². The molecule has 190 valence electrons. The zero-order chi connectivity index (χ0) is 26.3. The van der Waals surface area contributed by atoms with Crippen molar-refractivity contribution in [1.29, 1.82) is 0 Å². The van der Waals surface area contributed by atoms with Crippen LogP contribution >= 0.6 is 0 Å². The number of benzene rings is 1. The van der Waals surface area contributed by atoms with E-state index in [1.807, 2.05) is 39.8 Å². The highest BCUT2D eigenvalue weighted by atomic mass is 16.6. The molecule has 0 aliphatic rings. The first-order valence-corrected chi connectivity index (χ1v) is 11.5. The standard InChI is InChI=1S/C25H40N4O5/c1-9-29(20(21(31)28-24(3,4)5)17-12-10-16(2)11-13-17)22(32)18(14-15-19(26)30)27-23(33)34-25(6,7)8/h10-13,18,20H,9,14-15H2,1-8H3,(H2,26,30)(H,27,33)(H,28,31). The number of nitrogens with two attached hydrogens (primary N) is 1. The molecule has 9 heteroatoms. The largest absolute Gasteiger partial charge is 0.444 e. The van der Waals surface area contributed by atoms with Gasteiger partial charge in [-0.2, -0.15) is 0 Å². The Balaban J connectivity index is 3.37. The molecule has 0 bridgehead atoms. The van der Waals surface area contributed by atoms with Crippen LogP contribution in [0.5, 0.6) is 0 Å². The highest BCUT2D eigenvalue weighted by Gasteiger charge is 2.36. The van der Waals surface area contributed by atoms with Gasteiger partial charge >= 0.3 is 6.09 Å². The van der Waals surface area contributed by atoms with Crippen LogP contribution < -0.4 is 16.4 Å². The van der Waals surface area contributed by atoms with Crippen molar-refractivity contribution in [2.45, 2.75) is 91.5 Å². The maximum Gasteiger partial charge on any atom is 0.408 e. The number of primary amides is 1. The van der Waals surface area contributed by atoms with E-state index in [9.17, 15) is 19.2 Å². The zero-order valence-corrected chi connectivity index (χ0v) is 21.7. The second-order valence-corrected chi connectivity index (χ2v) is 10.4. The van der Waals surface area contributed by atoms with Crippen LogP contribution in [0, 0.1) is 6.92 Å². The molecule has 4 N–H and O–H groups in total.